The van der Waals surface area contributed by atoms with Gasteiger partial charge in [0.25, 0.3) is 0 Å². The van der Waals surface area contributed by atoms with Gasteiger partial charge in [-0.05, 0) is 24.3 Å². The minimum atomic E-state index is -1.07. The Morgan fingerprint density at radius 2 is 1.20 bits per heavy atom. The average molecular weight is 486 g/mol. The molecule has 10 heteroatoms. The van der Waals surface area contributed by atoms with Crippen molar-refractivity contribution < 1.29 is 18.7 Å². The lowest BCUT2D eigenvalue weighted by Gasteiger charge is -2.26. The van der Waals surface area contributed by atoms with E-state index >= 15 is 0 Å². The number of benzene rings is 2. The van der Waals surface area contributed by atoms with Crippen LogP contribution in [0, 0.1) is 0 Å². The summed E-state index contributed by atoms with van der Waals surface area (Å²) in [6.45, 7) is -0.585. The molecule has 1 aliphatic rings. The van der Waals surface area contributed by atoms with Crippen LogP contribution in [0.3, 0.4) is 0 Å². The van der Waals surface area contributed by atoms with E-state index in [9.17, 15) is 14.7 Å². The molecular weight excluding hydrogens is 478 g/mol. The van der Waals surface area contributed by atoms with Gasteiger partial charge in [-0.3, -0.25) is 0 Å². The van der Waals surface area contributed by atoms with E-state index in [0.29, 0.717) is 10.8 Å². The molecule has 1 N–H and O–H groups in total. The second-order valence-electron chi connectivity index (χ2n) is 6.63. The molecule has 0 unspecified atom stereocenters. The molecule has 1 aliphatic heterocycles. The van der Waals surface area contributed by atoms with Crippen molar-refractivity contribution in [2.75, 3.05) is 6.61 Å². The minimum Gasteiger partial charge on any atom is -0.455 e. The zero-order chi connectivity index (χ0) is 21.3. The number of fused-ring (bicyclic) bond motifs is 6. The van der Waals surface area contributed by atoms with E-state index in [4.69, 9.17) is 60.0 Å². The lowest BCUT2D eigenvalue weighted by atomic mass is 9.89. The molecule has 2 aromatic carbocycles. The molecule has 0 bridgehead atoms. The molecule has 0 atom stereocenters. The predicted molar refractivity (Wildman–Crippen MR) is 114 cm³/mol. The third kappa shape index (κ3) is 2.76. The lowest BCUT2D eigenvalue weighted by molar-refractivity contribution is 0.265. The number of aliphatic hydroxyl groups excluding tert-OH is 1. The average Bonchev–Trinajstić information content (AvgIpc) is 2.68. The van der Waals surface area contributed by atoms with Gasteiger partial charge in [-0.2, -0.15) is 0 Å². The Labute approximate surface area is 187 Å². The summed E-state index contributed by atoms with van der Waals surface area (Å²) in [6.07, 6.45) is 0. The SMILES string of the molecule is O=c1oc2c(Cl)cc(Cl)cc2c2c1C(CO)c1c(c3cc(Cl)cc(Cl)c3oc1=O)O2. The van der Waals surface area contributed by atoms with Gasteiger partial charge in [0.1, 0.15) is 11.5 Å². The number of halogens is 4. The van der Waals surface area contributed by atoms with Crippen molar-refractivity contribution in [2.45, 2.75) is 5.92 Å². The van der Waals surface area contributed by atoms with Crippen LogP contribution < -0.4 is 16.0 Å². The number of rotatable bonds is 1. The van der Waals surface area contributed by atoms with E-state index in [2.05, 4.69) is 0 Å². The summed E-state index contributed by atoms with van der Waals surface area (Å²) < 4.78 is 16.7. The van der Waals surface area contributed by atoms with Crippen LogP contribution in [0.15, 0.2) is 42.7 Å². The first-order valence-electron chi connectivity index (χ1n) is 8.50. The van der Waals surface area contributed by atoms with Crippen LogP contribution in [0.4, 0.5) is 0 Å². The molecule has 0 saturated carbocycles. The van der Waals surface area contributed by atoms with E-state index in [1.807, 2.05) is 0 Å². The first-order chi connectivity index (χ1) is 14.3. The van der Waals surface area contributed by atoms with E-state index in [0.717, 1.165) is 0 Å². The molecule has 0 aliphatic carbocycles. The smallest absolute Gasteiger partial charge is 0.344 e. The lowest BCUT2D eigenvalue weighted by Crippen LogP contribution is -2.27. The van der Waals surface area contributed by atoms with E-state index < -0.39 is 23.8 Å². The van der Waals surface area contributed by atoms with Crippen LogP contribution in [0.2, 0.25) is 20.1 Å². The third-order valence-corrected chi connectivity index (χ3v) is 5.91. The van der Waals surface area contributed by atoms with Gasteiger partial charge >= 0.3 is 11.3 Å². The van der Waals surface area contributed by atoms with Crippen molar-refractivity contribution in [3.05, 3.63) is 76.3 Å². The fourth-order valence-corrected chi connectivity index (χ4v) is 4.75. The highest BCUT2D eigenvalue weighted by Crippen LogP contribution is 2.49. The quantitative estimate of drug-likeness (QED) is 0.345. The highest BCUT2D eigenvalue weighted by molar-refractivity contribution is 6.39. The highest BCUT2D eigenvalue weighted by Gasteiger charge is 2.37. The summed E-state index contributed by atoms with van der Waals surface area (Å²) in [7, 11) is 0. The topological polar surface area (TPSA) is 89.9 Å². The van der Waals surface area contributed by atoms with E-state index in [-0.39, 0.29) is 53.9 Å². The van der Waals surface area contributed by atoms with Gasteiger partial charge in [-0.1, -0.05) is 46.4 Å². The fraction of sp³-hybridized carbons (Fsp3) is 0.100. The van der Waals surface area contributed by atoms with Gasteiger partial charge in [-0.15, -0.1) is 0 Å². The van der Waals surface area contributed by atoms with Crippen molar-refractivity contribution in [1.82, 2.24) is 0 Å². The molecule has 5 rings (SSSR count). The summed E-state index contributed by atoms with van der Waals surface area (Å²) in [6, 6.07) is 5.87. The molecule has 3 heterocycles. The molecule has 4 aromatic rings. The monoisotopic (exact) mass is 484 g/mol. The second kappa shape index (κ2) is 6.90. The fourth-order valence-electron chi connectivity index (χ4n) is 3.69. The largest absolute Gasteiger partial charge is 0.455 e. The molecule has 0 fully saturated rings. The van der Waals surface area contributed by atoms with Crippen molar-refractivity contribution in [3.63, 3.8) is 0 Å². The molecule has 0 radical (unpaired) electrons. The normalized spacial score (nSPS) is 13.4. The minimum absolute atomic E-state index is 0.0457. The Kier molecular flexibility index (Phi) is 4.54. The van der Waals surface area contributed by atoms with Crippen LogP contribution in [-0.2, 0) is 0 Å². The maximum absolute atomic E-state index is 12.8. The summed E-state index contributed by atoms with van der Waals surface area (Å²) in [5.74, 6) is -0.930. The highest BCUT2D eigenvalue weighted by atomic mass is 35.5. The number of aliphatic hydroxyl groups is 1. The van der Waals surface area contributed by atoms with Crippen LogP contribution >= 0.6 is 46.4 Å². The van der Waals surface area contributed by atoms with Crippen LogP contribution in [0.1, 0.15) is 17.0 Å². The first-order valence-corrected chi connectivity index (χ1v) is 10.0. The van der Waals surface area contributed by atoms with Crippen molar-refractivity contribution >= 4 is 68.3 Å². The summed E-state index contributed by atoms with van der Waals surface area (Å²) in [4.78, 5) is 25.5. The van der Waals surface area contributed by atoms with Crippen LogP contribution in [-0.4, -0.2) is 11.7 Å². The molecule has 0 saturated heterocycles. The van der Waals surface area contributed by atoms with Gasteiger partial charge in [0, 0.05) is 10.0 Å². The summed E-state index contributed by atoms with van der Waals surface area (Å²) >= 11 is 24.6. The van der Waals surface area contributed by atoms with E-state index in [1.165, 1.54) is 24.3 Å². The number of hydrogen-bond donors (Lipinski definition) is 1. The molecule has 30 heavy (non-hydrogen) atoms. The zero-order valence-corrected chi connectivity index (χ0v) is 17.6. The standard InChI is InChI=1S/C20H8Cl4O6/c21-6-1-8-15(11(23)3-6)29-19(26)13-10(5-25)14-18(28-17(8)13)9-2-7(22)4-12(24)16(9)30-20(14)27/h1-4,10,25H,5H2. The molecule has 6 nitrogen and oxygen atoms in total. The van der Waals surface area contributed by atoms with Gasteiger partial charge in [0.2, 0.25) is 0 Å². The first kappa shape index (κ1) is 19.7. The van der Waals surface area contributed by atoms with Crippen LogP contribution in [0.5, 0.6) is 11.5 Å². The van der Waals surface area contributed by atoms with Gasteiger partial charge in [-0.25, -0.2) is 9.59 Å². The third-order valence-electron chi connectivity index (χ3n) is 4.91. The van der Waals surface area contributed by atoms with Crippen molar-refractivity contribution in [3.8, 4) is 11.5 Å². The zero-order valence-electron chi connectivity index (χ0n) is 14.6. The van der Waals surface area contributed by atoms with E-state index in [1.54, 1.807) is 0 Å². The Bertz CT molecular complexity index is 1390. The second-order valence-corrected chi connectivity index (χ2v) is 8.32. The Hall–Kier alpha value is -2.22. The van der Waals surface area contributed by atoms with Crippen LogP contribution in [0.25, 0.3) is 21.9 Å². The Morgan fingerprint density at radius 1 is 0.767 bits per heavy atom. The molecule has 152 valence electrons. The van der Waals surface area contributed by atoms with Gasteiger partial charge in [0.05, 0.1) is 44.5 Å². The predicted octanol–water partition coefficient (Wildman–Crippen LogP) is 5.74. The molecular formula is C20H8Cl4O6. The summed E-state index contributed by atoms with van der Waals surface area (Å²) in [5, 5.41) is 11.5. The van der Waals surface area contributed by atoms with Gasteiger partial charge in [0.15, 0.2) is 11.2 Å². The molecule has 0 amide bonds. The molecule has 0 spiro atoms. The maximum Gasteiger partial charge on any atom is 0.344 e. The number of hydrogen-bond acceptors (Lipinski definition) is 6. The van der Waals surface area contributed by atoms with Crippen molar-refractivity contribution in [1.29, 1.82) is 0 Å². The Morgan fingerprint density at radius 3 is 1.60 bits per heavy atom. The Balaban J connectivity index is 1.96. The maximum atomic E-state index is 12.8. The summed E-state index contributed by atoms with van der Waals surface area (Å²) in [5.41, 5.74) is -1.59. The molecule has 2 aromatic heterocycles. The van der Waals surface area contributed by atoms with Crippen molar-refractivity contribution in [2.24, 2.45) is 0 Å². The number of ether oxygens (including phenoxy) is 1. The van der Waals surface area contributed by atoms with Gasteiger partial charge < -0.3 is 18.7 Å².